The molecule has 3 nitrogen and oxygen atoms in total. The van der Waals surface area contributed by atoms with Gasteiger partial charge in [0.2, 0.25) is 10.0 Å². The maximum absolute atomic E-state index is 11.4. The topological polar surface area (TPSA) is 60.2 Å². The minimum atomic E-state index is -3.66. The number of nitrogens with two attached hydrogens (primary N) is 1. The zero-order valence-corrected chi connectivity index (χ0v) is 15.3. The lowest BCUT2D eigenvalue weighted by atomic mass is 9.95. The van der Waals surface area contributed by atoms with Gasteiger partial charge in [0, 0.05) is 9.89 Å². The van der Waals surface area contributed by atoms with Gasteiger partial charge >= 0.3 is 0 Å². The molecule has 0 amide bonds. The predicted molar refractivity (Wildman–Crippen MR) is 99.6 cm³/mol. The first-order chi connectivity index (χ1) is 11.4. The van der Waals surface area contributed by atoms with Crippen molar-refractivity contribution in [2.45, 2.75) is 17.7 Å². The first kappa shape index (κ1) is 15.8. The van der Waals surface area contributed by atoms with Gasteiger partial charge in [-0.15, -0.1) is 0 Å². The highest BCUT2D eigenvalue weighted by Crippen LogP contribution is 2.57. The molecule has 1 saturated carbocycles. The molecule has 2 aliphatic carbocycles. The first-order valence-corrected chi connectivity index (χ1v) is 10.1. The quantitative estimate of drug-likeness (QED) is 0.830. The Bertz CT molecular complexity index is 967. The van der Waals surface area contributed by atoms with Gasteiger partial charge in [-0.3, -0.25) is 0 Å². The van der Waals surface area contributed by atoms with Gasteiger partial charge in [0.15, 0.2) is 0 Å². The van der Waals surface area contributed by atoms with Crippen LogP contribution in [0.15, 0.2) is 70.1 Å². The Morgan fingerprint density at radius 3 is 1.71 bits per heavy atom. The van der Waals surface area contributed by atoms with Crippen molar-refractivity contribution in [1.82, 2.24) is 0 Å². The van der Waals surface area contributed by atoms with Gasteiger partial charge in [-0.05, 0) is 59.4 Å². The van der Waals surface area contributed by atoms with E-state index in [-0.39, 0.29) is 10.3 Å². The van der Waals surface area contributed by atoms with Crippen LogP contribution in [0.5, 0.6) is 0 Å². The van der Waals surface area contributed by atoms with Crippen LogP contribution in [-0.4, -0.2) is 8.42 Å². The van der Waals surface area contributed by atoms with Crippen LogP contribution in [0.1, 0.15) is 24.0 Å². The van der Waals surface area contributed by atoms with Gasteiger partial charge in [0.25, 0.3) is 0 Å². The van der Waals surface area contributed by atoms with Crippen molar-refractivity contribution in [3.63, 3.8) is 0 Å². The summed E-state index contributed by atoms with van der Waals surface area (Å²) < 4.78 is 23.9. The van der Waals surface area contributed by atoms with Crippen LogP contribution in [-0.2, 0) is 10.0 Å². The lowest BCUT2D eigenvalue weighted by Gasteiger charge is -2.10. The Hall–Kier alpha value is -1.69. The van der Waals surface area contributed by atoms with Crippen LogP contribution in [0.4, 0.5) is 0 Å². The van der Waals surface area contributed by atoms with Gasteiger partial charge in [-0.25, -0.2) is 13.6 Å². The zero-order valence-electron chi connectivity index (χ0n) is 12.9. The van der Waals surface area contributed by atoms with Gasteiger partial charge in [-0.2, -0.15) is 0 Å². The van der Waals surface area contributed by atoms with Crippen molar-refractivity contribution in [2.24, 2.45) is 10.6 Å². The molecule has 5 heteroatoms. The van der Waals surface area contributed by atoms with Crippen LogP contribution < -0.4 is 5.14 Å². The molecular formula is C19H16BrNO2S. The fraction of sp³-hybridized carbons (Fsp3) is 0.158. The van der Waals surface area contributed by atoms with Gasteiger partial charge in [-0.1, -0.05) is 52.3 Å². The number of benzene rings is 2. The molecule has 2 aromatic rings. The van der Waals surface area contributed by atoms with Crippen molar-refractivity contribution in [3.8, 4) is 0 Å². The monoisotopic (exact) mass is 401 g/mol. The van der Waals surface area contributed by atoms with Crippen LogP contribution in [0, 0.1) is 5.41 Å². The molecule has 0 atom stereocenters. The van der Waals surface area contributed by atoms with Crippen molar-refractivity contribution in [3.05, 3.63) is 76.3 Å². The number of sulfonamides is 1. The summed E-state index contributed by atoms with van der Waals surface area (Å²) in [6.45, 7) is 0. The molecule has 0 heterocycles. The molecule has 122 valence electrons. The second-order valence-electron chi connectivity index (χ2n) is 6.43. The minimum Gasteiger partial charge on any atom is -0.225 e. The highest BCUT2D eigenvalue weighted by atomic mass is 79.9. The van der Waals surface area contributed by atoms with Crippen molar-refractivity contribution in [1.29, 1.82) is 0 Å². The Morgan fingerprint density at radius 2 is 1.29 bits per heavy atom. The van der Waals surface area contributed by atoms with E-state index < -0.39 is 10.0 Å². The first-order valence-electron chi connectivity index (χ1n) is 7.72. The maximum atomic E-state index is 11.4. The molecule has 4 rings (SSSR count). The summed E-state index contributed by atoms with van der Waals surface area (Å²) in [5, 5.41) is 5.19. The number of hydrogen-bond acceptors (Lipinski definition) is 2. The number of hydrogen-bond donors (Lipinski definition) is 1. The number of rotatable bonds is 3. The zero-order chi connectivity index (χ0) is 16.9. The number of primary sulfonamides is 1. The third-order valence-corrected chi connectivity index (χ3v) is 6.09. The summed E-state index contributed by atoms with van der Waals surface area (Å²) in [5.41, 5.74) is 4.75. The van der Waals surface area contributed by atoms with E-state index in [4.69, 9.17) is 5.14 Å². The van der Waals surface area contributed by atoms with Gasteiger partial charge in [0.1, 0.15) is 0 Å². The van der Waals surface area contributed by atoms with E-state index in [1.165, 1.54) is 24.0 Å². The molecule has 0 radical (unpaired) electrons. The van der Waals surface area contributed by atoms with E-state index in [0.717, 1.165) is 15.6 Å². The largest absolute Gasteiger partial charge is 0.238 e. The highest BCUT2D eigenvalue weighted by molar-refractivity contribution is 9.10. The lowest BCUT2D eigenvalue weighted by Crippen LogP contribution is -2.11. The molecule has 1 spiro atoms. The van der Waals surface area contributed by atoms with E-state index in [1.54, 1.807) is 12.1 Å². The third-order valence-electron chi connectivity index (χ3n) is 4.63. The van der Waals surface area contributed by atoms with Gasteiger partial charge in [0.05, 0.1) is 4.90 Å². The second kappa shape index (κ2) is 5.41. The maximum Gasteiger partial charge on any atom is 0.238 e. The third kappa shape index (κ3) is 2.88. The Balaban J connectivity index is 1.76. The molecule has 24 heavy (non-hydrogen) atoms. The molecule has 0 bridgehead atoms. The fourth-order valence-corrected chi connectivity index (χ4v) is 3.92. The summed E-state index contributed by atoms with van der Waals surface area (Å²) in [4.78, 5) is 0.139. The molecular weight excluding hydrogens is 386 g/mol. The van der Waals surface area contributed by atoms with E-state index in [9.17, 15) is 8.42 Å². The molecule has 0 unspecified atom stereocenters. The summed E-state index contributed by atoms with van der Waals surface area (Å²) in [6, 6.07) is 15.1. The lowest BCUT2D eigenvalue weighted by molar-refractivity contribution is 0.598. The molecule has 2 aliphatic rings. The average Bonchev–Trinajstić information content (AvgIpc) is 3.19. The van der Waals surface area contributed by atoms with E-state index >= 15 is 0 Å². The Morgan fingerprint density at radius 1 is 0.833 bits per heavy atom. The van der Waals surface area contributed by atoms with Gasteiger partial charge < -0.3 is 0 Å². The van der Waals surface area contributed by atoms with E-state index in [0.29, 0.717) is 0 Å². The Kier molecular flexibility index (Phi) is 3.56. The van der Waals surface area contributed by atoms with E-state index in [1.807, 2.05) is 24.3 Å². The van der Waals surface area contributed by atoms with Crippen molar-refractivity contribution < 1.29 is 8.42 Å². The fourth-order valence-electron chi connectivity index (χ4n) is 3.14. The molecule has 2 N–H and O–H groups in total. The second-order valence-corrected chi connectivity index (χ2v) is 8.90. The molecule has 0 aromatic heterocycles. The summed E-state index contributed by atoms with van der Waals surface area (Å²) in [5.74, 6) is 0. The normalized spacial score (nSPS) is 18.4. The molecule has 2 aromatic carbocycles. The highest BCUT2D eigenvalue weighted by Gasteiger charge is 2.43. The van der Waals surface area contributed by atoms with Crippen LogP contribution in [0.3, 0.4) is 0 Å². The predicted octanol–water partition coefficient (Wildman–Crippen LogP) is 4.36. The SMILES string of the molecule is NS(=O)(=O)c1ccc(C2=CC3(C=C2c2ccc(Br)cc2)CC3)cc1. The minimum absolute atomic E-state index is 0.139. The molecule has 0 saturated heterocycles. The smallest absolute Gasteiger partial charge is 0.225 e. The number of allylic oxidation sites excluding steroid dienone is 4. The van der Waals surface area contributed by atoms with Crippen molar-refractivity contribution >= 4 is 37.1 Å². The van der Waals surface area contributed by atoms with Crippen LogP contribution in [0.2, 0.25) is 0 Å². The molecule has 0 aliphatic heterocycles. The number of halogens is 1. The van der Waals surface area contributed by atoms with Crippen molar-refractivity contribution in [2.75, 3.05) is 0 Å². The summed E-state index contributed by atoms with van der Waals surface area (Å²) >= 11 is 3.47. The average molecular weight is 402 g/mol. The summed E-state index contributed by atoms with van der Waals surface area (Å²) in [7, 11) is -3.66. The van der Waals surface area contributed by atoms with Crippen LogP contribution >= 0.6 is 15.9 Å². The summed E-state index contributed by atoms with van der Waals surface area (Å²) in [6.07, 6.45) is 7.01. The molecule has 1 fully saturated rings. The Labute approximate surface area is 150 Å². The van der Waals surface area contributed by atoms with Crippen LogP contribution in [0.25, 0.3) is 11.1 Å². The van der Waals surface area contributed by atoms with E-state index in [2.05, 4.69) is 40.2 Å². The standard InChI is InChI=1S/C19H16BrNO2S/c20-15-5-1-13(2-6-15)17-11-19(9-10-19)12-18(17)14-3-7-16(8-4-14)24(21,22)23/h1-8,11-12H,9-10H2,(H2,21,22,23).